The minimum Gasteiger partial charge on any atom is -0.398 e. The van der Waals surface area contributed by atoms with Crippen LogP contribution in [0.25, 0.3) is 99.6 Å². The summed E-state index contributed by atoms with van der Waals surface area (Å²) in [6.45, 7) is 0. The van der Waals surface area contributed by atoms with E-state index in [-0.39, 0.29) is 0 Å². The molecule has 10 aromatic carbocycles. The summed E-state index contributed by atoms with van der Waals surface area (Å²) < 4.78 is 4.81. The van der Waals surface area contributed by atoms with E-state index >= 15 is 0 Å². The Morgan fingerprint density at radius 3 is 1.40 bits per heavy atom. The van der Waals surface area contributed by atoms with Gasteiger partial charge in [0.05, 0.1) is 22.1 Å². The molecule has 0 atom stereocenters. The third kappa shape index (κ3) is 7.56. The number of allylic oxidation sites excluding steroid dienone is 3. The molecule has 0 saturated carbocycles. The van der Waals surface area contributed by atoms with Crippen LogP contribution in [0.1, 0.15) is 16.7 Å². The summed E-state index contributed by atoms with van der Waals surface area (Å²) in [7, 11) is 0. The van der Waals surface area contributed by atoms with Crippen LogP contribution in [0.5, 0.6) is 0 Å². The summed E-state index contributed by atoms with van der Waals surface area (Å²) >= 11 is 0. The summed E-state index contributed by atoms with van der Waals surface area (Å²) in [4.78, 5) is 0. The number of rotatable bonds is 10. The van der Waals surface area contributed by atoms with Gasteiger partial charge in [0.2, 0.25) is 0 Å². The van der Waals surface area contributed by atoms with Crippen LogP contribution in [0.2, 0.25) is 0 Å². The molecule has 0 aliphatic heterocycles. The SMILES string of the molecule is N/C(=C\C(=C/Cc1ccc(-n2c3ccccc3c3cc(-c4ccc5c6ccccc6n(-c6ccc(-c7ccc(-c8ccccc8)cc7)cc6)c5c4)ccc32)cc1)c1ccccc1)c1ccccc1. The largest absolute Gasteiger partial charge is 0.398 e. The molecule has 2 aromatic heterocycles. The van der Waals surface area contributed by atoms with Crippen LogP contribution in [0.15, 0.2) is 261 Å². The Morgan fingerprint density at radius 2 is 0.765 bits per heavy atom. The second kappa shape index (κ2) is 17.5. The van der Waals surface area contributed by atoms with Gasteiger partial charge in [0, 0.05) is 38.6 Å². The van der Waals surface area contributed by atoms with Crippen LogP contribution in [0.3, 0.4) is 0 Å². The van der Waals surface area contributed by atoms with Crippen molar-refractivity contribution in [1.29, 1.82) is 0 Å². The minimum absolute atomic E-state index is 0.748. The first-order valence-corrected chi connectivity index (χ1v) is 23.3. The molecular weight excluding hydrogens is 823 g/mol. The lowest BCUT2D eigenvalue weighted by Crippen LogP contribution is -1.97. The van der Waals surface area contributed by atoms with Crippen molar-refractivity contribution in [3.05, 3.63) is 278 Å². The maximum atomic E-state index is 6.62. The van der Waals surface area contributed by atoms with E-state index < -0.39 is 0 Å². The molecule has 0 aliphatic carbocycles. The van der Waals surface area contributed by atoms with E-state index in [1.807, 2.05) is 24.3 Å². The maximum absolute atomic E-state index is 6.62. The molecule has 3 nitrogen and oxygen atoms in total. The molecule has 3 heteroatoms. The van der Waals surface area contributed by atoms with Crippen LogP contribution in [0, 0.1) is 0 Å². The zero-order valence-corrected chi connectivity index (χ0v) is 37.5. The van der Waals surface area contributed by atoms with Crippen molar-refractivity contribution in [1.82, 2.24) is 9.13 Å². The van der Waals surface area contributed by atoms with Crippen LogP contribution in [-0.2, 0) is 6.42 Å². The van der Waals surface area contributed by atoms with E-state index in [1.165, 1.54) is 82.6 Å². The summed E-state index contributed by atoms with van der Waals surface area (Å²) in [6.07, 6.45) is 5.15. The fraction of sp³-hybridized carbons (Fsp3) is 0.0154. The number of nitrogens with two attached hydrogens (primary N) is 1. The van der Waals surface area contributed by atoms with Gasteiger partial charge < -0.3 is 14.9 Å². The molecule has 12 rings (SSSR count). The summed E-state index contributed by atoms with van der Waals surface area (Å²) in [6, 6.07) is 89.5. The summed E-state index contributed by atoms with van der Waals surface area (Å²) in [5.74, 6) is 0. The van der Waals surface area contributed by atoms with Crippen LogP contribution < -0.4 is 5.73 Å². The van der Waals surface area contributed by atoms with E-state index in [0.29, 0.717) is 0 Å². The first-order valence-electron chi connectivity index (χ1n) is 23.3. The molecule has 0 fully saturated rings. The predicted molar refractivity (Wildman–Crippen MR) is 288 cm³/mol. The van der Waals surface area contributed by atoms with E-state index in [2.05, 4.69) is 246 Å². The first kappa shape index (κ1) is 40.6. The smallest absolute Gasteiger partial charge is 0.0547 e. The summed E-state index contributed by atoms with van der Waals surface area (Å²) in [5, 5.41) is 4.95. The fourth-order valence-electron chi connectivity index (χ4n) is 9.93. The average Bonchev–Trinajstić information content (AvgIpc) is 3.93. The van der Waals surface area contributed by atoms with Gasteiger partial charge in [0.1, 0.15) is 0 Å². The Kier molecular flexibility index (Phi) is 10.4. The van der Waals surface area contributed by atoms with Gasteiger partial charge >= 0.3 is 0 Å². The molecule has 322 valence electrons. The van der Waals surface area contributed by atoms with Gasteiger partial charge in [0.15, 0.2) is 0 Å². The molecule has 0 amide bonds. The lowest BCUT2D eigenvalue weighted by atomic mass is 10.00. The standard InChI is InChI=1S/C65H47N3/c66-61(51-18-8-3-9-19-51)43-53(47-16-6-2-7-17-47)27-24-45-25-36-55(37-26-45)67-63-23-13-11-21-58(63)60-42-52(35-41-64(60)67)54-34-40-59-57-20-10-12-22-62(57)68(65(59)44-54)56-38-32-50(33-39-56)49-30-28-48(29-31-49)46-14-4-1-5-15-46/h1-23,25-44H,24,66H2/b53-27+,61-43-. The van der Waals surface area contributed by atoms with Gasteiger partial charge in [-0.25, -0.2) is 0 Å². The van der Waals surface area contributed by atoms with Crippen molar-refractivity contribution < 1.29 is 0 Å². The first-order chi connectivity index (χ1) is 33.6. The number of hydrogen-bond acceptors (Lipinski definition) is 1. The zero-order valence-electron chi connectivity index (χ0n) is 37.5. The highest BCUT2D eigenvalue weighted by atomic mass is 15.0. The van der Waals surface area contributed by atoms with Crippen LogP contribution in [-0.4, -0.2) is 9.13 Å². The normalized spacial score (nSPS) is 12.1. The lowest BCUT2D eigenvalue weighted by Gasteiger charge is -2.11. The highest BCUT2D eigenvalue weighted by Crippen LogP contribution is 2.39. The van der Waals surface area contributed by atoms with Crippen molar-refractivity contribution in [3.8, 4) is 44.8 Å². The zero-order chi connectivity index (χ0) is 45.4. The highest BCUT2D eigenvalue weighted by Gasteiger charge is 2.17. The van der Waals surface area contributed by atoms with Crippen molar-refractivity contribution >= 4 is 54.9 Å². The van der Waals surface area contributed by atoms with Crippen molar-refractivity contribution in [2.45, 2.75) is 6.42 Å². The molecule has 0 unspecified atom stereocenters. The van der Waals surface area contributed by atoms with E-state index in [4.69, 9.17) is 5.73 Å². The quantitative estimate of drug-likeness (QED) is 0.137. The van der Waals surface area contributed by atoms with Gasteiger partial charge in [-0.15, -0.1) is 0 Å². The van der Waals surface area contributed by atoms with E-state index in [9.17, 15) is 0 Å². The minimum atomic E-state index is 0.748. The van der Waals surface area contributed by atoms with E-state index in [1.54, 1.807) is 0 Å². The van der Waals surface area contributed by atoms with Crippen molar-refractivity contribution in [3.63, 3.8) is 0 Å². The predicted octanol–water partition coefficient (Wildman–Crippen LogP) is 16.5. The van der Waals surface area contributed by atoms with Gasteiger partial charge in [0.25, 0.3) is 0 Å². The molecule has 0 spiro atoms. The Balaban J connectivity index is 0.871. The molecule has 0 saturated heterocycles. The third-order valence-electron chi connectivity index (χ3n) is 13.4. The highest BCUT2D eigenvalue weighted by molar-refractivity contribution is 6.12. The van der Waals surface area contributed by atoms with E-state index in [0.717, 1.165) is 40.2 Å². The van der Waals surface area contributed by atoms with Crippen molar-refractivity contribution in [2.24, 2.45) is 5.73 Å². The summed E-state index contributed by atoms with van der Waals surface area (Å²) in [5.41, 5.74) is 26.1. The average molecular weight is 870 g/mol. The Hall–Kier alpha value is -8.92. The molecule has 12 aromatic rings. The third-order valence-corrected chi connectivity index (χ3v) is 13.4. The Morgan fingerprint density at radius 1 is 0.338 bits per heavy atom. The number of fused-ring (bicyclic) bond motifs is 6. The molecular formula is C65H47N3. The number of aromatic nitrogens is 2. The van der Waals surface area contributed by atoms with Crippen LogP contribution >= 0.6 is 0 Å². The fourth-order valence-corrected chi connectivity index (χ4v) is 9.93. The van der Waals surface area contributed by atoms with Crippen molar-refractivity contribution in [2.75, 3.05) is 0 Å². The topological polar surface area (TPSA) is 35.9 Å². The number of hydrogen-bond donors (Lipinski definition) is 1. The molecule has 0 aliphatic rings. The van der Waals surface area contributed by atoms with Gasteiger partial charge in [-0.1, -0.05) is 200 Å². The molecule has 2 heterocycles. The molecule has 2 N–H and O–H groups in total. The maximum Gasteiger partial charge on any atom is 0.0547 e. The second-order valence-electron chi connectivity index (χ2n) is 17.5. The van der Waals surface area contributed by atoms with Gasteiger partial charge in [-0.2, -0.15) is 0 Å². The Labute approximate surface area is 396 Å². The lowest BCUT2D eigenvalue weighted by molar-refractivity contribution is 1.16. The van der Waals surface area contributed by atoms with Gasteiger partial charge in [-0.05, 0) is 123 Å². The van der Waals surface area contributed by atoms with Crippen LogP contribution in [0.4, 0.5) is 0 Å². The Bertz CT molecular complexity index is 3820. The number of nitrogens with zero attached hydrogens (tertiary/aromatic N) is 2. The molecule has 0 radical (unpaired) electrons. The monoisotopic (exact) mass is 869 g/mol. The number of benzene rings is 10. The number of para-hydroxylation sites is 2. The van der Waals surface area contributed by atoms with Gasteiger partial charge in [-0.3, -0.25) is 0 Å². The molecule has 68 heavy (non-hydrogen) atoms. The second-order valence-corrected chi connectivity index (χ2v) is 17.5. The molecule has 0 bridgehead atoms.